The van der Waals surface area contributed by atoms with Crippen LogP contribution in [0.25, 0.3) is 21.7 Å². The largest absolute Gasteiger partial charge is 0.464 e. The molecule has 0 amide bonds. The molecule has 4 aromatic rings. The highest BCUT2D eigenvalue weighted by Crippen LogP contribution is 2.28. The zero-order valence-corrected chi connectivity index (χ0v) is 17.6. The number of rotatable bonds is 5. The van der Waals surface area contributed by atoms with Gasteiger partial charge in [0.1, 0.15) is 5.58 Å². The number of benzene rings is 3. The molecule has 4 heteroatoms. The quantitative estimate of drug-likeness (QED) is 0.330. The second kappa shape index (κ2) is 8.12. The number of carbonyl (C=O) groups is 1. The summed E-state index contributed by atoms with van der Waals surface area (Å²) in [5.41, 5.74) is 3.90. The van der Waals surface area contributed by atoms with E-state index in [1.807, 2.05) is 30.3 Å². The van der Waals surface area contributed by atoms with Gasteiger partial charge in [0.05, 0.1) is 11.6 Å². The van der Waals surface area contributed by atoms with Gasteiger partial charge in [-0.2, -0.15) is 0 Å². The lowest BCUT2D eigenvalue weighted by molar-refractivity contribution is 0.0969. The van der Waals surface area contributed by atoms with E-state index in [4.69, 9.17) is 4.42 Å². The summed E-state index contributed by atoms with van der Waals surface area (Å²) in [5.74, 6) is 0.703. The minimum atomic E-state index is -0.0575. The first-order chi connectivity index (χ1) is 15.1. The average molecular weight is 412 g/mol. The second-order valence-electron chi connectivity index (χ2n) is 8.57. The predicted molar refractivity (Wildman–Crippen MR) is 124 cm³/mol. The standard InChI is InChI=1S/C27H25NO3/c1-18-3-2-4-19(13-18)22-7-10-28(17-22)11-8-25(29)21-6-5-20-15-24-26(30)9-12-31-27(24)16-23(20)14-21/h2-6,9,12-16,22H,7-8,10-11,17H2,1H3. The number of aryl methyl sites for hydroxylation is 1. The fourth-order valence-electron chi connectivity index (χ4n) is 4.64. The van der Waals surface area contributed by atoms with Crippen molar-refractivity contribution in [1.29, 1.82) is 0 Å². The van der Waals surface area contributed by atoms with E-state index in [0.717, 1.165) is 36.8 Å². The number of ketones is 1. The molecule has 0 N–H and O–H groups in total. The summed E-state index contributed by atoms with van der Waals surface area (Å²) in [4.78, 5) is 27.3. The Bertz CT molecular complexity index is 1340. The van der Waals surface area contributed by atoms with E-state index in [2.05, 4.69) is 36.1 Å². The molecule has 1 atom stereocenters. The van der Waals surface area contributed by atoms with Gasteiger partial charge < -0.3 is 9.32 Å². The van der Waals surface area contributed by atoms with Crippen LogP contribution in [0.3, 0.4) is 0 Å². The summed E-state index contributed by atoms with van der Waals surface area (Å²) in [5, 5.41) is 2.41. The fourth-order valence-corrected chi connectivity index (χ4v) is 4.64. The van der Waals surface area contributed by atoms with Crippen LogP contribution in [-0.2, 0) is 0 Å². The molecule has 0 bridgehead atoms. The van der Waals surface area contributed by atoms with E-state index in [0.29, 0.717) is 28.9 Å². The minimum absolute atomic E-state index is 0.0575. The summed E-state index contributed by atoms with van der Waals surface area (Å²) in [6.07, 6.45) is 3.06. The highest BCUT2D eigenvalue weighted by molar-refractivity contribution is 6.02. The second-order valence-corrected chi connectivity index (χ2v) is 8.57. The molecule has 1 aromatic heterocycles. The number of hydrogen-bond donors (Lipinski definition) is 0. The lowest BCUT2D eigenvalue weighted by Gasteiger charge is -2.16. The molecule has 5 rings (SSSR count). The Hall–Kier alpha value is -3.24. The maximum atomic E-state index is 12.9. The number of nitrogens with zero attached hydrogens (tertiary/aromatic N) is 1. The average Bonchev–Trinajstić information content (AvgIpc) is 3.25. The number of Topliss-reactive ketones (excluding diaryl/α,β-unsaturated/α-hetero) is 1. The van der Waals surface area contributed by atoms with Gasteiger partial charge in [-0.1, -0.05) is 42.0 Å². The van der Waals surface area contributed by atoms with Crippen LogP contribution in [-0.4, -0.2) is 30.3 Å². The van der Waals surface area contributed by atoms with Crippen molar-refractivity contribution in [2.24, 2.45) is 0 Å². The Labute approximate surface area is 181 Å². The number of carbonyl (C=O) groups excluding carboxylic acids is 1. The monoisotopic (exact) mass is 411 g/mol. The molecule has 1 aliphatic heterocycles. The zero-order valence-electron chi connectivity index (χ0n) is 17.6. The van der Waals surface area contributed by atoms with Crippen LogP contribution in [0, 0.1) is 6.92 Å². The molecule has 1 fully saturated rings. The van der Waals surface area contributed by atoms with E-state index in [-0.39, 0.29) is 11.2 Å². The Balaban J connectivity index is 1.27. The maximum absolute atomic E-state index is 12.9. The number of hydrogen-bond acceptors (Lipinski definition) is 4. The lowest BCUT2D eigenvalue weighted by atomic mass is 9.97. The highest BCUT2D eigenvalue weighted by Gasteiger charge is 2.24. The van der Waals surface area contributed by atoms with Crippen molar-refractivity contribution < 1.29 is 9.21 Å². The SMILES string of the molecule is Cc1cccc(C2CCN(CCC(=O)c3ccc4cc5c(=O)ccoc5cc4c3)C2)c1. The molecule has 1 aliphatic rings. The molecule has 31 heavy (non-hydrogen) atoms. The van der Waals surface area contributed by atoms with Gasteiger partial charge in [-0.15, -0.1) is 0 Å². The van der Waals surface area contributed by atoms with E-state index in [1.165, 1.54) is 23.5 Å². The van der Waals surface area contributed by atoms with Crippen molar-refractivity contribution in [2.75, 3.05) is 19.6 Å². The van der Waals surface area contributed by atoms with E-state index in [9.17, 15) is 9.59 Å². The topological polar surface area (TPSA) is 50.5 Å². The summed E-state index contributed by atoms with van der Waals surface area (Å²) in [6.45, 7) is 4.97. The van der Waals surface area contributed by atoms with Crippen LogP contribution in [0.5, 0.6) is 0 Å². The maximum Gasteiger partial charge on any atom is 0.192 e. The van der Waals surface area contributed by atoms with Gasteiger partial charge in [0.25, 0.3) is 0 Å². The van der Waals surface area contributed by atoms with Gasteiger partial charge in [-0.05, 0) is 60.3 Å². The Morgan fingerprint density at radius 3 is 2.84 bits per heavy atom. The lowest BCUT2D eigenvalue weighted by Crippen LogP contribution is -2.23. The number of fused-ring (bicyclic) bond motifs is 2. The summed E-state index contributed by atoms with van der Waals surface area (Å²) < 4.78 is 5.48. The molecule has 2 heterocycles. The fraction of sp³-hybridized carbons (Fsp3) is 0.259. The summed E-state index contributed by atoms with van der Waals surface area (Å²) in [7, 11) is 0. The van der Waals surface area contributed by atoms with Crippen molar-refractivity contribution >= 4 is 27.5 Å². The smallest absolute Gasteiger partial charge is 0.192 e. The van der Waals surface area contributed by atoms with Crippen LogP contribution in [0.15, 0.2) is 76.1 Å². The van der Waals surface area contributed by atoms with Crippen LogP contribution in [0.4, 0.5) is 0 Å². The molecule has 0 saturated carbocycles. The molecular weight excluding hydrogens is 386 g/mol. The zero-order chi connectivity index (χ0) is 21.4. The predicted octanol–water partition coefficient (Wildman–Crippen LogP) is 5.32. The summed E-state index contributed by atoms with van der Waals surface area (Å²) in [6, 6.07) is 19.5. The van der Waals surface area contributed by atoms with Gasteiger partial charge >= 0.3 is 0 Å². The van der Waals surface area contributed by atoms with Gasteiger partial charge in [0.15, 0.2) is 11.2 Å². The van der Waals surface area contributed by atoms with Crippen molar-refractivity contribution in [3.8, 4) is 0 Å². The Morgan fingerprint density at radius 2 is 1.97 bits per heavy atom. The van der Waals surface area contributed by atoms with Crippen LogP contribution >= 0.6 is 0 Å². The Kier molecular flexibility index (Phi) is 5.16. The van der Waals surface area contributed by atoms with Gasteiger partial charge in [0, 0.05) is 31.1 Å². The van der Waals surface area contributed by atoms with Gasteiger partial charge in [-0.3, -0.25) is 9.59 Å². The normalized spacial score (nSPS) is 16.9. The van der Waals surface area contributed by atoms with E-state index in [1.54, 1.807) is 0 Å². The first-order valence-corrected chi connectivity index (χ1v) is 10.8. The molecule has 1 saturated heterocycles. The van der Waals surface area contributed by atoms with Crippen molar-refractivity contribution in [1.82, 2.24) is 4.90 Å². The third kappa shape index (κ3) is 4.04. The molecule has 3 aromatic carbocycles. The van der Waals surface area contributed by atoms with E-state index < -0.39 is 0 Å². The Morgan fingerprint density at radius 1 is 1.06 bits per heavy atom. The summed E-state index contributed by atoms with van der Waals surface area (Å²) >= 11 is 0. The molecule has 0 radical (unpaired) electrons. The molecule has 0 aliphatic carbocycles. The van der Waals surface area contributed by atoms with E-state index >= 15 is 0 Å². The van der Waals surface area contributed by atoms with Crippen LogP contribution in [0.2, 0.25) is 0 Å². The molecule has 156 valence electrons. The molecule has 1 unspecified atom stereocenters. The van der Waals surface area contributed by atoms with Crippen molar-refractivity contribution in [2.45, 2.75) is 25.7 Å². The minimum Gasteiger partial charge on any atom is -0.464 e. The third-order valence-corrected chi connectivity index (χ3v) is 6.38. The van der Waals surface area contributed by atoms with Crippen molar-refractivity contribution in [3.05, 3.63) is 93.8 Å². The molecule has 4 nitrogen and oxygen atoms in total. The molecule has 0 spiro atoms. The van der Waals surface area contributed by atoms with Gasteiger partial charge in [-0.25, -0.2) is 0 Å². The first-order valence-electron chi connectivity index (χ1n) is 10.8. The van der Waals surface area contributed by atoms with Crippen LogP contribution < -0.4 is 5.43 Å². The first kappa shape index (κ1) is 19.7. The van der Waals surface area contributed by atoms with Crippen LogP contribution in [0.1, 0.15) is 40.2 Å². The van der Waals surface area contributed by atoms with Crippen molar-refractivity contribution in [3.63, 3.8) is 0 Å². The molecular formula is C27H25NO3. The third-order valence-electron chi connectivity index (χ3n) is 6.38. The van der Waals surface area contributed by atoms with Gasteiger partial charge in [0.2, 0.25) is 0 Å². The highest BCUT2D eigenvalue weighted by atomic mass is 16.3. The number of likely N-dealkylation sites (tertiary alicyclic amines) is 1.